The Kier molecular flexibility index (Phi) is 6.84. The highest BCUT2D eigenvalue weighted by Crippen LogP contribution is 2.24. The van der Waals surface area contributed by atoms with Crippen molar-refractivity contribution in [2.24, 2.45) is 0 Å². The molecule has 0 saturated heterocycles. The minimum Gasteiger partial charge on any atom is -0.425 e. The zero-order chi connectivity index (χ0) is 16.8. The summed E-state index contributed by atoms with van der Waals surface area (Å²) in [7, 11) is 0. The van der Waals surface area contributed by atoms with E-state index in [1.54, 1.807) is 0 Å². The molecule has 0 amide bonds. The summed E-state index contributed by atoms with van der Waals surface area (Å²) < 4.78 is 6.40. The number of carbonyl (C=O) groups excluding carboxylic acids is 1. The predicted octanol–water partition coefficient (Wildman–Crippen LogP) is 5.88. The van der Waals surface area contributed by atoms with Crippen LogP contribution in [0.5, 0.6) is 5.75 Å². The number of hydrogen-bond donors (Lipinski definition) is 0. The lowest BCUT2D eigenvalue weighted by molar-refractivity contribution is -0.133. The van der Waals surface area contributed by atoms with Crippen LogP contribution in [0.4, 0.5) is 0 Å². The van der Waals surface area contributed by atoms with Crippen molar-refractivity contribution >= 4 is 50.6 Å². The summed E-state index contributed by atoms with van der Waals surface area (Å²) in [5.41, 5.74) is 3.05. The van der Waals surface area contributed by atoms with E-state index >= 15 is 0 Å². The van der Waals surface area contributed by atoms with Gasteiger partial charge in [-0.25, -0.2) is 0 Å². The molecule has 0 N–H and O–H groups in total. The first-order valence-corrected chi connectivity index (χ1v) is 9.36. The molecule has 2 aromatic rings. The van der Waals surface area contributed by atoms with Crippen LogP contribution >= 0.6 is 38.5 Å². The zero-order valence-electron chi connectivity index (χ0n) is 13.1. The van der Waals surface area contributed by atoms with Crippen LogP contribution in [0.2, 0.25) is 0 Å². The van der Waals surface area contributed by atoms with E-state index in [9.17, 15) is 4.79 Å². The van der Waals surface area contributed by atoms with Crippen LogP contribution in [0, 0.1) is 13.8 Å². The largest absolute Gasteiger partial charge is 0.425 e. The maximum atomic E-state index is 12.3. The van der Waals surface area contributed by atoms with Crippen molar-refractivity contribution in [3.05, 3.63) is 69.7 Å². The summed E-state index contributed by atoms with van der Waals surface area (Å²) >= 11 is 5.64. The van der Waals surface area contributed by atoms with Gasteiger partial charge in [-0.2, -0.15) is 0 Å². The molecule has 1 atom stereocenters. The molecule has 0 saturated carbocycles. The van der Waals surface area contributed by atoms with Crippen molar-refractivity contribution in [1.29, 1.82) is 0 Å². The second kappa shape index (κ2) is 8.64. The zero-order valence-corrected chi connectivity index (χ0v) is 16.8. The molecule has 0 heterocycles. The number of allylic oxidation sites excluding steroid dienone is 1. The number of esters is 1. The molecule has 0 spiro atoms. The molecule has 0 aliphatic carbocycles. The fraction of sp³-hybridized carbons (Fsp3) is 0.211. The molecular formula is C19H18BrIO2. The molecule has 2 aromatic carbocycles. The molecule has 2 rings (SSSR count). The van der Waals surface area contributed by atoms with E-state index in [1.165, 1.54) is 0 Å². The van der Waals surface area contributed by atoms with Gasteiger partial charge < -0.3 is 4.74 Å². The SMILES string of the molecule is Cc1cccc(C)c1OC(=O)C(I)C/C=C/c1ccccc1Br. The Bertz CT molecular complexity index is 705. The standard InChI is InChI=1S/C19H18BrIO2/c1-13-7-5-8-14(2)18(13)23-19(22)17(21)12-6-10-15-9-3-4-11-16(15)20/h3-11,17H,12H2,1-2H3/b10-6+. The Balaban J connectivity index is 1.97. The van der Waals surface area contributed by atoms with Crippen molar-refractivity contribution in [2.45, 2.75) is 24.2 Å². The van der Waals surface area contributed by atoms with E-state index in [0.29, 0.717) is 12.2 Å². The molecule has 120 valence electrons. The Hall–Kier alpha value is -1.14. The van der Waals surface area contributed by atoms with Gasteiger partial charge >= 0.3 is 5.97 Å². The minimum atomic E-state index is -0.217. The van der Waals surface area contributed by atoms with Gasteiger partial charge in [0.2, 0.25) is 0 Å². The van der Waals surface area contributed by atoms with E-state index in [4.69, 9.17) is 4.74 Å². The van der Waals surface area contributed by atoms with Crippen LogP contribution in [-0.2, 0) is 4.79 Å². The third-order valence-electron chi connectivity index (χ3n) is 3.41. The molecule has 4 heteroatoms. The molecule has 0 fully saturated rings. The summed E-state index contributed by atoms with van der Waals surface area (Å²) in [6.07, 6.45) is 4.65. The Labute approximate surface area is 159 Å². The topological polar surface area (TPSA) is 26.3 Å². The average Bonchev–Trinajstić information content (AvgIpc) is 2.52. The van der Waals surface area contributed by atoms with Crippen molar-refractivity contribution in [1.82, 2.24) is 0 Å². The first-order valence-electron chi connectivity index (χ1n) is 7.32. The normalized spacial score (nSPS) is 12.3. The summed E-state index contributed by atoms with van der Waals surface area (Å²) in [5, 5.41) is 0. The Morgan fingerprint density at radius 2 is 1.83 bits per heavy atom. The van der Waals surface area contributed by atoms with Crippen LogP contribution < -0.4 is 4.74 Å². The first-order chi connectivity index (χ1) is 11.0. The fourth-order valence-corrected chi connectivity index (χ4v) is 2.98. The highest BCUT2D eigenvalue weighted by atomic mass is 127. The van der Waals surface area contributed by atoms with Crippen LogP contribution in [0.1, 0.15) is 23.1 Å². The maximum absolute atomic E-state index is 12.3. The molecule has 0 radical (unpaired) electrons. The highest BCUT2D eigenvalue weighted by Gasteiger charge is 2.17. The summed E-state index contributed by atoms with van der Waals surface area (Å²) in [6.45, 7) is 3.90. The van der Waals surface area contributed by atoms with Gasteiger partial charge in [0.25, 0.3) is 0 Å². The molecule has 0 aliphatic heterocycles. The summed E-state index contributed by atoms with van der Waals surface area (Å²) in [5.74, 6) is 0.466. The van der Waals surface area contributed by atoms with Gasteiger partial charge in [0.1, 0.15) is 9.67 Å². The van der Waals surface area contributed by atoms with Crippen LogP contribution in [0.3, 0.4) is 0 Å². The number of carbonyl (C=O) groups is 1. The summed E-state index contributed by atoms with van der Waals surface area (Å²) in [6, 6.07) is 13.8. The van der Waals surface area contributed by atoms with Gasteiger partial charge in [-0.3, -0.25) is 4.79 Å². The number of para-hydroxylation sites is 1. The quantitative estimate of drug-likeness (QED) is 0.229. The second-order valence-electron chi connectivity index (χ2n) is 5.27. The second-order valence-corrected chi connectivity index (χ2v) is 7.63. The molecular weight excluding hydrogens is 467 g/mol. The van der Waals surface area contributed by atoms with Crippen LogP contribution in [0.15, 0.2) is 53.0 Å². The Morgan fingerprint density at radius 3 is 2.48 bits per heavy atom. The lowest BCUT2D eigenvalue weighted by Crippen LogP contribution is -2.20. The molecule has 0 bridgehead atoms. The number of ether oxygens (including phenoxy) is 1. The average molecular weight is 485 g/mol. The lowest BCUT2D eigenvalue weighted by atomic mass is 10.1. The van der Waals surface area contributed by atoms with Crippen molar-refractivity contribution in [3.8, 4) is 5.75 Å². The smallest absolute Gasteiger partial charge is 0.324 e. The van der Waals surface area contributed by atoms with Gasteiger partial charge in [0.05, 0.1) is 0 Å². The highest BCUT2D eigenvalue weighted by molar-refractivity contribution is 14.1. The third kappa shape index (κ3) is 5.18. The van der Waals surface area contributed by atoms with Crippen molar-refractivity contribution < 1.29 is 9.53 Å². The number of alkyl halides is 1. The first kappa shape index (κ1) is 18.2. The van der Waals surface area contributed by atoms with Crippen LogP contribution in [-0.4, -0.2) is 9.89 Å². The van der Waals surface area contributed by atoms with Gasteiger partial charge in [0.15, 0.2) is 0 Å². The minimum absolute atomic E-state index is 0.209. The van der Waals surface area contributed by atoms with Gasteiger partial charge in [0, 0.05) is 4.47 Å². The van der Waals surface area contributed by atoms with Gasteiger partial charge in [-0.1, -0.05) is 87.1 Å². The van der Waals surface area contributed by atoms with Gasteiger partial charge in [-0.15, -0.1) is 0 Å². The number of rotatable bonds is 5. The van der Waals surface area contributed by atoms with E-state index in [1.807, 2.05) is 68.5 Å². The monoisotopic (exact) mass is 484 g/mol. The third-order valence-corrected chi connectivity index (χ3v) is 5.15. The number of halogens is 2. The van der Waals surface area contributed by atoms with Crippen LogP contribution in [0.25, 0.3) is 6.08 Å². The van der Waals surface area contributed by atoms with Crippen molar-refractivity contribution in [3.63, 3.8) is 0 Å². The number of aryl methyl sites for hydroxylation is 2. The van der Waals surface area contributed by atoms with E-state index < -0.39 is 0 Å². The van der Waals surface area contributed by atoms with Gasteiger partial charge in [-0.05, 0) is 43.0 Å². The van der Waals surface area contributed by atoms with E-state index in [-0.39, 0.29) is 9.89 Å². The summed E-state index contributed by atoms with van der Waals surface area (Å²) in [4.78, 5) is 12.3. The maximum Gasteiger partial charge on any atom is 0.324 e. The van der Waals surface area contributed by atoms with E-state index in [0.717, 1.165) is 21.2 Å². The van der Waals surface area contributed by atoms with E-state index in [2.05, 4.69) is 38.5 Å². The lowest BCUT2D eigenvalue weighted by Gasteiger charge is -2.12. The molecule has 0 aliphatic rings. The molecule has 23 heavy (non-hydrogen) atoms. The predicted molar refractivity (Wildman–Crippen MR) is 107 cm³/mol. The number of benzene rings is 2. The fourth-order valence-electron chi connectivity index (χ4n) is 2.15. The molecule has 0 aromatic heterocycles. The molecule has 2 nitrogen and oxygen atoms in total. The van der Waals surface area contributed by atoms with Crippen molar-refractivity contribution in [2.75, 3.05) is 0 Å². The molecule has 1 unspecified atom stereocenters. The Morgan fingerprint density at radius 1 is 1.17 bits per heavy atom. The number of hydrogen-bond acceptors (Lipinski definition) is 2.